The van der Waals surface area contributed by atoms with Crippen molar-refractivity contribution in [3.63, 3.8) is 0 Å². The first-order valence-corrected chi connectivity index (χ1v) is 19.0. The number of hydrogen-bond donors (Lipinski definition) is 0. The molecule has 0 unspecified atom stereocenters. The Morgan fingerprint density at radius 1 is 0.321 bits per heavy atom. The topological polar surface area (TPSA) is 9.86 Å². The van der Waals surface area contributed by atoms with Crippen molar-refractivity contribution in [1.29, 1.82) is 0 Å². The van der Waals surface area contributed by atoms with Crippen LogP contribution in [0.3, 0.4) is 0 Å². The summed E-state index contributed by atoms with van der Waals surface area (Å²) in [4.78, 5) is 2.64. The average Bonchev–Trinajstić information content (AvgIpc) is 3.73. The maximum atomic E-state index is 2.46. The van der Waals surface area contributed by atoms with E-state index in [0.29, 0.717) is 0 Å². The number of hydrogen-bond acceptors (Lipinski definition) is 1. The quantitative estimate of drug-likeness (QED) is 0.179. The van der Waals surface area contributed by atoms with Crippen molar-refractivity contribution in [2.24, 2.45) is 0 Å². The van der Waals surface area contributed by atoms with Gasteiger partial charge >= 0.3 is 0 Å². The highest BCUT2D eigenvalue weighted by Crippen LogP contribution is 2.51. The van der Waals surface area contributed by atoms with Crippen LogP contribution in [0.15, 0.2) is 192 Å². The van der Waals surface area contributed by atoms with Gasteiger partial charge in [-0.3, -0.25) is 0 Å². The van der Waals surface area contributed by atoms with Crippen LogP contribution in [0.2, 0.25) is 0 Å². The smallest absolute Gasteiger partial charge is 0.0553 e. The Morgan fingerprint density at radius 2 is 0.981 bits per heavy atom. The van der Waals surface area contributed by atoms with Gasteiger partial charge in [-0.25, -0.2) is 0 Å². The van der Waals surface area contributed by atoms with Crippen LogP contribution in [0.25, 0.3) is 98.8 Å². The van der Waals surface area contributed by atoms with Gasteiger partial charge in [0.2, 0.25) is 0 Å². The first kappa shape index (κ1) is 29.1. The molecule has 0 amide bonds. The van der Waals surface area contributed by atoms with Crippen molar-refractivity contribution in [2.45, 2.75) is 9.79 Å². The third-order valence-electron chi connectivity index (χ3n) is 11.3. The van der Waals surface area contributed by atoms with Gasteiger partial charge in [-0.2, -0.15) is 0 Å². The number of aromatic nitrogens is 2. The predicted molar refractivity (Wildman–Crippen MR) is 225 cm³/mol. The number of nitrogens with zero attached hydrogens (tertiary/aromatic N) is 2. The lowest BCUT2D eigenvalue weighted by Crippen LogP contribution is -1.96. The van der Waals surface area contributed by atoms with Gasteiger partial charge in [0.1, 0.15) is 0 Å². The van der Waals surface area contributed by atoms with Crippen LogP contribution in [-0.2, 0) is 0 Å². The second-order valence-corrected chi connectivity index (χ2v) is 15.2. The van der Waals surface area contributed by atoms with Gasteiger partial charge in [0.05, 0.1) is 22.1 Å². The van der Waals surface area contributed by atoms with Gasteiger partial charge in [-0.15, -0.1) is 0 Å². The number of para-hydroxylation sites is 2. The Morgan fingerprint density at radius 3 is 1.87 bits per heavy atom. The molecule has 0 atom stereocenters. The number of benzene rings is 9. The molecule has 3 heteroatoms. The molecule has 0 N–H and O–H groups in total. The second-order valence-electron chi connectivity index (χ2n) is 14.1. The first-order valence-electron chi connectivity index (χ1n) is 18.2. The third-order valence-corrected chi connectivity index (χ3v) is 12.4. The van der Waals surface area contributed by atoms with Gasteiger partial charge in [0, 0.05) is 48.1 Å². The molecule has 9 aromatic carbocycles. The lowest BCUT2D eigenvalue weighted by molar-refractivity contribution is 1.18. The summed E-state index contributed by atoms with van der Waals surface area (Å²) < 4.78 is 4.88. The monoisotopic (exact) mass is 690 g/mol. The molecule has 2 nitrogen and oxygen atoms in total. The molecular formula is C50H30N2S. The molecule has 246 valence electrons. The first-order chi connectivity index (χ1) is 26.3. The summed E-state index contributed by atoms with van der Waals surface area (Å²) >= 11 is 1.89. The second kappa shape index (κ2) is 11.0. The Balaban J connectivity index is 1.12. The normalized spacial score (nSPS) is 12.5. The van der Waals surface area contributed by atoms with E-state index >= 15 is 0 Å². The molecule has 3 heterocycles. The summed E-state index contributed by atoms with van der Waals surface area (Å²) in [7, 11) is 0. The Labute approximate surface area is 310 Å². The van der Waals surface area contributed by atoms with Gasteiger partial charge < -0.3 is 9.13 Å². The number of rotatable bonds is 3. The highest BCUT2D eigenvalue weighted by atomic mass is 32.2. The molecule has 12 rings (SSSR count). The third kappa shape index (κ3) is 4.17. The van der Waals surface area contributed by atoms with Crippen LogP contribution in [-0.4, -0.2) is 9.13 Å². The minimum absolute atomic E-state index is 1.17. The lowest BCUT2D eigenvalue weighted by atomic mass is 9.93. The van der Waals surface area contributed by atoms with Crippen LogP contribution in [0.5, 0.6) is 0 Å². The molecule has 1 aliphatic rings. The van der Waals surface area contributed by atoms with Crippen LogP contribution in [0.4, 0.5) is 0 Å². The van der Waals surface area contributed by atoms with Crippen molar-refractivity contribution in [2.75, 3.05) is 0 Å². The van der Waals surface area contributed by atoms with Crippen molar-refractivity contribution >= 4 is 76.9 Å². The van der Waals surface area contributed by atoms with Gasteiger partial charge in [-0.05, 0) is 111 Å². The number of fused-ring (bicyclic) bond motifs is 10. The zero-order valence-corrected chi connectivity index (χ0v) is 29.4. The van der Waals surface area contributed by atoms with Crippen molar-refractivity contribution in [3.05, 3.63) is 182 Å². The molecule has 0 radical (unpaired) electrons. The van der Waals surface area contributed by atoms with Crippen LogP contribution in [0.1, 0.15) is 0 Å². The van der Waals surface area contributed by atoms with Crippen molar-refractivity contribution in [1.82, 2.24) is 9.13 Å². The molecule has 0 aliphatic carbocycles. The van der Waals surface area contributed by atoms with Crippen LogP contribution >= 0.6 is 11.8 Å². The highest BCUT2D eigenvalue weighted by molar-refractivity contribution is 7.99. The maximum Gasteiger partial charge on any atom is 0.0553 e. The van der Waals surface area contributed by atoms with Crippen LogP contribution < -0.4 is 0 Å². The zero-order chi connectivity index (χ0) is 34.6. The molecular weight excluding hydrogens is 661 g/mol. The van der Waals surface area contributed by atoms with E-state index in [1.807, 2.05) is 11.8 Å². The molecule has 0 saturated carbocycles. The predicted octanol–water partition coefficient (Wildman–Crippen LogP) is 14.0. The lowest BCUT2D eigenvalue weighted by Gasteiger charge is -2.21. The van der Waals surface area contributed by atoms with E-state index in [9.17, 15) is 0 Å². The molecule has 0 spiro atoms. The average molecular weight is 691 g/mol. The summed E-state index contributed by atoms with van der Waals surface area (Å²) in [6.45, 7) is 0. The molecule has 0 fully saturated rings. The van der Waals surface area contributed by atoms with Crippen molar-refractivity contribution < 1.29 is 0 Å². The molecule has 1 aliphatic heterocycles. The summed E-state index contributed by atoms with van der Waals surface area (Å²) in [6, 6.07) is 67.2. The van der Waals surface area contributed by atoms with E-state index < -0.39 is 0 Å². The van der Waals surface area contributed by atoms with E-state index in [-0.39, 0.29) is 0 Å². The minimum atomic E-state index is 1.17. The zero-order valence-electron chi connectivity index (χ0n) is 28.6. The fourth-order valence-corrected chi connectivity index (χ4v) is 10.1. The molecule has 0 saturated heterocycles. The van der Waals surface area contributed by atoms with Gasteiger partial charge in [-0.1, -0.05) is 121 Å². The largest absolute Gasteiger partial charge is 0.309 e. The highest BCUT2D eigenvalue weighted by Gasteiger charge is 2.24. The SMILES string of the molecule is c1ccc(-n2c3ccc(-c4ccc5c(c4)c4ccccc4n5-c4ccc5ccccc5c4)cc3c3c4cccc5c4c(cc32)-c2ccccc2S5)cc1. The Kier molecular flexibility index (Phi) is 6.02. The fraction of sp³-hybridized carbons (Fsp3) is 0. The summed E-state index contributed by atoms with van der Waals surface area (Å²) in [5.74, 6) is 0. The minimum Gasteiger partial charge on any atom is -0.309 e. The standard InChI is InChI=1S/C50H30N2S/c1-2-13-35(14-3-1)51-45-26-23-34(29-42(45)49-39-17-10-20-48-50(39)41(30-46(49)51)38-16-7-9-19-47(38)53-48)33-22-25-44-40(28-33)37-15-6-8-18-43(37)52(44)36-24-21-31-11-4-5-12-32(31)27-36/h1-30H. The summed E-state index contributed by atoms with van der Waals surface area (Å²) in [5, 5.41) is 10.3. The molecule has 11 aromatic rings. The Bertz CT molecular complexity index is 3310. The van der Waals surface area contributed by atoms with E-state index in [2.05, 4.69) is 191 Å². The van der Waals surface area contributed by atoms with Crippen LogP contribution in [0, 0.1) is 0 Å². The van der Waals surface area contributed by atoms with Gasteiger partial charge in [0.15, 0.2) is 0 Å². The van der Waals surface area contributed by atoms with E-state index in [1.54, 1.807) is 0 Å². The van der Waals surface area contributed by atoms with E-state index in [0.717, 1.165) is 0 Å². The van der Waals surface area contributed by atoms with Crippen molar-refractivity contribution in [3.8, 4) is 33.6 Å². The maximum absolute atomic E-state index is 2.46. The van der Waals surface area contributed by atoms with E-state index in [1.165, 1.54) is 109 Å². The molecule has 0 bridgehead atoms. The molecule has 2 aromatic heterocycles. The van der Waals surface area contributed by atoms with Gasteiger partial charge in [0.25, 0.3) is 0 Å². The summed E-state index contributed by atoms with van der Waals surface area (Å²) in [5.41, 5.74) is 12.3. The summed E-state index contributed by atoms with van der Waals surface area (Å²) in [6.07, 6.45) is 0. The Hall–Kier alpha value is -6.55. The van der Waals surface area contributed by atoms with E-state index in [4.69, 9.17) is 0 Å². The molecule has 53 heavy (non-hydrogen) atoms. The fourth-order valence-electron chi connectivity index (χ4n) is 8.93.